The van der Waals surface area contributed by atoms with Crippen LogP contribution < -0.4 is 15.8 Å². The van der Waals surface area contributed by atoms with Gasteiger partial charge in [-0.3, -0.25) is 14.5 Å². The second-order valence-corrected chi connectivity index (χ2v) is 7.64. The van der Waals surface area contributed by atoms with Crippen LogP contribution in [0.4, 0.5) is 10.1 Å². The van der Waals surface area contributed by atoms with Gasteiger partial charge in [0.2, 0.25) is 15.9 Å². The first kappa shape index (κ1) is 18.6. The summed E-state index contributed by atoms with van der Waals surface area (Å²) in [7, 11) is -3.78. The van der Waals surface area contributed by atoms with Crippen molar-refractivity contribution in [2.24, 2.45) is 0 Å². The Morgan fingerprint density at radius 1 is 1.19 bits per heavy atom. The van der Waals surface area contributed by atoms with Gasteiger partial charge in [-0.05, 0) is 29.8 Å². The van der Waals surface area contributed by atoms with Crippen LogP contribution in [-0.2, 0) is 21.4 Å². The zero-order chi connectivity index (χ0) is 19.4. The first-order valence-electron chi connectivity index (χ1n) is 7.95. The third kappa shape index (κ3) is 5.17. The van der Waals surface area contributed by atoms with Crippen LogP contribution in [0.2, 0.25) is 0 Å². The van der Waals surface area contributed by atoms with Crippen molar-refractivity contribution < 1.29 is 22.0 Å². The Bertz CT molecular complexity index is 1140. The van der Waals surface area contributed by atoms with Crippen LogP contribution in [0.15, 0.2) is 51.7 Å². The summed E-state index contributed by atoms with van der Waals surface area (Å²) in [6.07, 6.45) is -0.258. The minimum absolute atomic E-state index is 0.104. The molecule has 10 heteroatoms. The van der Waals surface area contributed by atoms with Crippen molar-refractivity contribution in [3.8, 4) is 0 Å². The van der Waals surface area contributed by atoms with Crippen molar-refractivity contribution in [1.29, 1.82) is 0 Å². The summed E-state index contributed by atoms with van der Waals surface area (Å²) in [6, 6.07) is 10.1. The van der Waals surface area contributed by atoms with Gasteiger partial charge in [0, 0.05) is 19.0 Å². The molecule has 0 aliphatic rings. The molecule has 2 aromatic carbocycles. The number of carbonyl (C=O) groups excluding carboxylic acids is 1. The lowest BCUT2D eigenvalue weighted by atomic mass is 10.2. The molecule has 0 spiro atoms. The Morgan fingerprint density at radius 3 is 2.78 bits per heavy atom. The summed E-state index contributed by atoms with van der Waals surface area (Å²) >= 11 is 0. The van der Waals surface area contributed by atoms with Crippen LogP contribution in [0.5, 0.6) is 0 Å². The number of hydrogen-bond acceptors (Lipinski definition) is 5. The number of anilines is 1. The van der Waals surface area contributed by atoms with E-state index in [0.717, 1.165) is 0 Å². The molecule has 0 radical (unpaired) electrons. The van der Waals surface area contributed by atoms with Crippen molar-refractivity contribution in [3.05, 3.63) is 64.4 Å². The molecule has 142 valence electrons. The van der Waals surface area contributed by atoms with Gasteiger partial charge in [-0.1, -0.05) is 12.1 Å². The fourth-order valence-electron chi connectivity index (χ4n) is 2.40. The fraction of sp³-hybridized carbons (Fsp3) is 0.176. The Morgan fingerprint density at radius 2 is 2.00 bits per heavy atom. The van der Waals surface area contributed by atoms with Crippen LogP contribution in [0, 0.1) is 5.82 Å². The molecule has 0 unspecified atom stereocenters. The van der Waals surface area contributed by atoms with E-state index >= 15 is 0 Å². The zero-order valence-electron chi connectivity index (χ0n) is 14.0. The number of fused-ring (bicyclic) bond motifs is 1. The highest BCUT2D eigenvalue weighted by molar-refractivity contribution is 7.92. The van der Waals surface area contributed by atoms with Crippen LogP contribution in [0.1, 0.15) is 12.0 Å². The van der Waals surface area contributed by atoms with Gasteiger partial charge in [0.05, 0.1) is 17.0 Å². The van der Waals surface area contributed by atoms with Gasteiger partial charge in [0.1, 0.15) is 5.82 Å². The molecule has 0 aliphatic heterocycles. The Hall–Kier alpha value is -3.14. The third-order valence-corrected chi connectivity index (χ3v) is 4.96. The summed E-state index contributed by atoms with van der Waals surface area (Å²) in [4.78, 5) is 25.4. The van der Waals surface area contributed by atoms with Crippen LogP contribution >= 0.6 is 0 Å². The highest BCUT2D eigenvalue weighted by Gasteiger charge is 2.14. The quantitative estimate of drug-likeness (QED) is 0.564. The van der Waals surface area contributed by atoms with Crippen molar-refractivity contribution in [2.45, 2.75) is 13.0 Å². The smallest absolute Gasteiger partial charge is 0.408 e. The van der Waals surface area contributed by atoms with Crippen molar-refractivity contribution in [2.75, 3.05) is 10.5 Å². The number of aromatic amines is 1. The summed E-state index contributed by atoms with van der Waals surface area (Å²) in [5.74, 6) is -1.96. The van der Waals surface area contributed by atoms with Gasteiger partial charge in [-0.25, -0.2) is 17.6 Å². The average molecular weight is 393 g/mol. The van der Waals surface area contributed by atoms with Crippen molar-refractivity contribution in [1.82, 2.24) is 10.3 Å². The summed E-state index contributed by atoms with van der Waals surface area (Å²) in [6.45, 7) is 0.104. The molecular weight excluding hydrogens is 377 g/mol. The zero-order valence-corrected chi connectivity index (χ0v) is 14.8. The van der Waals surface area contributed by atoms with E-state index in [-0.39, 0.29) is 24.2 Å². The molecule has 3 rings (SSSR count). The molecule has 0 fully saturated rings. The minimum atomic E-state index is -3.78. The number of benzene rings is 2. The summed E-state index contributed by atoms with van der Waals surface area (Å²) in [5.41, 5.74) is 1.45. The maximum Gasteiger partial charge on any atom is 0.417 e. The van der Waals surface area contributed by atoms with E-state index in [9.17, 15) is 22.4 Å². The van der Waals surface area contributed by atoms with E-state index in [1.165, 1.54) is 36.4 Å². The number of oxazole rings is 1. The van der Waals surface area contributed by atoms with Gasteiger partial charge in [-0.2, -0.15) is 0 Å². The molecule has 8 nitrogen and oxygen atoms in total. The molecule has 0 aliphatic carbocycles. The number of nitrogens with one attached hydrogen (secondary N) is 3. The molecule has 3 aromatic rings. The maximum atomic E-state index is 13.1. The molecule has 0 saturated carbocycles. The molecular formula is C17H16FN3O5S. The molecule has 0 saturated heterocycles. The minimum Gasteiger partial charge on any atom is -0.408 e. The highest BCUT2D eigenvalue weighted by atomic mass is 32.2. The van der Waals surface area contributed by atoms with E-state index in [4.69, 9.17) is 4.42 Å². The SMILES string of the molecule is O=C(CCS(=O)(=O)Nc1ccc2[nH]c(=O)oc2c1)NCc1cccc(F)c1. The van der Waals surface area contributed by atoms with E-state index in [0.29, 0.717) is 11.1 Å². The van der Waals surface area contributed by atoms with Crippen molar-refractivity contribution in [3.63, 3.8) is 0 Å². The lowest BCUT2D eigenvalue weighted by Gasteiger charge is -2.08. The number of aromatic nitrogens is 1. The first-order valence-corrected chi connectivity index (χ1v) is 9.60. The van der Waals surface area contributed by atoms with Gasteiger partial charge in [-0.15, -0.1) is 0 Å². The second kappa shape index (κ2) is 7.62. The summed E-state index contributed by atoms with van der Waals surface area (Å²) < 4.78 is 44.5. The molecule has 1 aromatic heterocycles. The topological polar surface area (TPSA) is 121 Å². The van der Waals surface area contributed by atoms with Gasteiger partial charge < -0.3 is 9.73 Å². The predicted molar refractivity (Wildman–Crippen MR) is 97.1 cm³/mol. The number of carbonyl (C=O) groups is 1. The Labute approximate surface area is 153 Å². The number of H-pyrrole nitrogens is 1. The number of sulfonamides is 1. The fourth-order valence-corrected chi connectivity index (χ4v) is 3.44. The lowest BCUT2D eigenvalue weighted by molar-refractivity contribution is -0.120. The lowest BCUT2D eigenvalue weighted by Crippen LogP contribution is -2.27. The van der Waals surface area contributed by atoms with Crippen LogP contribution in [-0.4, -0.2) is 25.1 Å². The average Bonchev–Trinajstić information content (AvgIpc) is 2.97. The van der Waals surface area contributed by atoms with E-state index < -0.39 is 33.3 Å². The van der Waals surface area contributed by atoms with E-state index in [2.05, 4.69) is 15.0 Å². The monoisotopic (exact) mass is 393 g/mol. The van der Waals surface area contributed by atoms with Gasteiger partial charge >= 0.3 is 5.76 Å². The molecule has 0 atom stereocenters. The van der Waals surface area contributed by atoms with E-state index in [1.807, 2.05) is 0 Å². The summed E-state index contributed by atoms with van der Waals surface area (Å²) in [5, 5.41) is 2.54. The maximum absolute atomic E-state index is 13.1. The standard InChI is InChI=1S/C17H16FN3O5S/c18-12-3-1-2-11(8-12)10-19-16(22)6-7-27(24,25)21-13-4-5-14-15(9-13)26-17(23)20-14/h1-5,8-9,21H,6-7,10H2,(H,19,22)(H,20,23). The number of rotatable bonds is 7. The van der Waals surface area contributed by atoms with Gasteiger partial charge in [0.25, 0.3) is 0 Å². The Balaban J connectivity index is 1.54. The second-order valence-electron chi connectivity index (χ2n) is 5.80. The molecule has 1 heterocycles. The normalized spacial score (nSPS) is 11.4. The molecule has 3 N–H and O–H groups in total. The molecule has 0 bridgehead atoms. The molecule has 1 amide bonds. The first-order chi connectivity index (χ1) is 12.8. The predicted octanol–water partition coefficient (Wildman–Crippen LogP) is 1.71. The van der Waals surface area contributed by atoms with Gasteiger partial charge in [0.15, 0.2) is 5.58 Å². The Kier molecular flexibility index (Phi) is 5.26. The van der Waals surface area contributed by atoms with Crippen LogP contribution in [0.25, 0.3) is 11.1 Å². The number of hydrogen-bond donors (Lipinski definition) is 3. The van der Waals surface area contributed by atoms with E-state index in [1.54, 1.807) is 6.07 Å². The largest absolute Gasteiger partial charge is 0.417 e. The van der Waals surface area contributed by atoms with Crippen molar-refractivity contribution >= 4 is 32.7 Å². The highest BCUT2D eigenvalue weighted by Crippen LogP contribution is 2.17. The number of amides is 1. The third-order valence-electron chi connectivity index (χ3n) is 3.67. The molecule has 27 heavy (non-hydrogen) atoms. The van der Waals surface area contributed by atoms with Crippen LogP contribution in [0.3, 0.4) is 0 Å². The number of halogens is 1.